The zero-order valence-corrected chi connectivity index (χ0v) is 25.3. The highest BCUT2D eigenvalue weighted by atomic mass is 16.5. The predicted molar refractivity (Wildman–Crippen MR) is 144 cm³/mol. The SMILES string of the molecule is CC.CC.CCC(CC)CNC=O.COC(C)(C)CC(C)OC(C)(C)C(C)(C)C(C)(C)C. The van der Waals surface area contributed by atoms with Gasteiger partial charge in [-0.25, -0.2) is 0 Å². The molecule has 4 heteroatoms. The van der Waals surface area contributed by atoms with Gasteiger partial charge in [-0.2, -0.15) is 0 Å². The zero-order chi connectivity index (χ0) is 26.8. The summed E-state index contributed by atoms with van der Waals surface area (Å²) in [6.45, 7) is 35.3. The van der Waals surface area contributed by atoms with E-state index in [1.165, 1.54) is 0 Å². The number of methoxy groups -OCH3 is 1. The third kappa shape index (κ3) is 16.1. The van der Waals surface area contributed by atoms with Crippen LogP contribution >= 0.6 is 0 Å². The lowest BCUT2D eigenvalue weighted by Gasteiger charge is -2.51. The molecule has 0 aromatic carbocycles. The minimum Gasteiger partial charge on any atom is -0.379 e. The van der Waals surface area contributed by atoms with Gasteiger partial charge in [-0.1, -0.05) is 89.0 Å². The molecule has 4 nitrogen and oxygen atoms in total. The first-order valence-electron chi connectivity index (χ1n) is 12.9. The molecule has 32 heavy (non-hydrogen) atoms. The van der Waals surface area contributed by atoms with Crippen molar-refractivity contribution in [3.05, 3.63) is 0 Å². The van der Waals surface area contributed by atoms with E-state index in [-0.39, 0.29) is 28.1 Å². The number of ether oxygens (including phenoxy) is 2. The Labute approximate surface area is 204 Å². The molecule has 0 rings (SSSR count). The fraction of sp³-hybridized carbons (Fsp3) is 0.964. The third-order valence-electron chi connectivity index (χ3n) is 6.85. The van der Waals surface area contributed by atoms with E-state index in [0.717, 1.165) is 32.2 Å². The van der Waals surface area contributed by atoms with E-state index in [4.69, 9.17) is 9.47 Å². The van der Waals surface area contributed by atoms with E-state index in [2.05, 4.69) is 88.4 Å². The van der Waals surface area contributed by atoms with Crippen molar-refractivity contribution in [2.45, 2.75) is 147 Å². The van der Waals surface area contributed by atoms with Gasteiger partial charge in [0.15, 0.2) is 0 Å². The maximum atomic E-state index is 9.83. The van der Waals surface area contributed by atoms with E-state index in [0.29, 0.717) is 5.92 Å². The number of rotatable bonds is 11. The van der Waals surface area contributed by atoms with Crippen LogP contribution in [0.4, 0.5) is 0 Å². The van der Waals surface area contributed by atoms with Crippen LogP contribution < -0.4 is 5.32 Å². The average Bonchev–Trinajstić information content (AvgIpc) is 2.70. The van der Waals surface area contributed by atoms with E-state index in [1.807, 2.05) is 27.7 Å². The summed E-state index contributed by atoms with van der Waals surface area (Å²) in [5, 5.41) is 2.67. The standard InChI is InChI=1S/C17H36O2.C7H15NO.2C2H6/c1-13(12-15(5,6)18-11)19-17(9,10)16(7,8)14(2,3)4;1-3-7(4-2)5-8-6-9;2*1-2/h13H,12H2,1-11H3;6-7H,3-5H2,1-2H3,(H,8,9);2*1-2H3. The maximum Gasteiger partial charge on any atom is 0.207 e. The van der Waals surface area contributed by atoms with Crippen molar-refractivity contribution in [2.24, 2.45) is 16.7 Å². The minimum atomic E-state index is -0.186. The Bertz CT molecular complexity index is 419. The Morgan fingerprint density at radius 3 is 1.53 bits per heavy atom. The second-order valence-electron chi connectivity index (χ2n) is 10.7. The molecule has 0 heterocycles. The normalized spacial score (nSPS) is 12.9. The summed E-state index contributed by atoms with van der Waals surface area (Å²) >= 11 is 0. The molecule has 0 radical (unpaired) electrons. The molecule has 1 amide bonds. The molecule has 1 atom stereocenters. The van der Waals surface area contributed by atoms with Crippen molar-refractivity contribution < 1.29 is 14.3 Å². The monoisotopic (exact) mass is 461 g/mol. The Morgan fingerprint density at radius 1 is 0.844 bits per heavy atom. The van der Waals surface area contributed by atoms with E-state index in [9.17, 15) is 4.79 Å². The van der Waals surface area contributed by atoms with Crippen molar-refractivity contribution >= 4 is 6.41 Å². The van der Waals surface area contributed by atoms with Gasteiger partial charge >= 0.3 is 0 Å². The number of hydrogen-bond acceptors (Lipinski definition) is 3. The van der Waals surface area contributed by atoms with Crippen molar-refractivity contribution in [3.8, 4) is 0 Å². The summed E-state index contributed by atoms with van der Waals surface area (Å²) < 4.78 is 11.9. The van der Waals surface area contributed by atoms with Gasteiger partial charge in [0.25, 0.3) is 0 Å². The molecular formula is C28H63NO3. The Hall–Kier alpha value is -0.610. The highest BCUT2D eigenvalue weighted by Gasteiger charge is 2.47. The van der Waals surface area contributed by atoms with Gasteiger partial charge in [0, 0.05) is 20.1 Å². The number of carbonyl (C=O) groups excluding carboxylic acids is 1. The molecule has 0 aromatic heterocycles. The van der Waals surface area contributed by atoms with Crippen LogP contribution in [0.25, 0.3) is 0 Å². The summed E-state index contributed by atoms with van der Waals surface area (Å²) in [6, 6.07) is 0. The molecule has 0 aliphatic carbocycles. The fourth-order valence-corrected chi connectivity index (χ4v) is 3.16. The summed E-state index contributed by atoms with van der Waals surface area (Å²) in [5.74, 6) is 0.662. The van der Waals surface area contributed by atoms with Crippen molar-refractivity contribution in [1.29, 1.82) is 0 Å². The lowest BCUT2D eigenvalue weighted by molar-refractivity contribution is -0.176. The first-order valence-corrected chi connectivity index (χ1v) is 12.9. The molecule has 1 N–H and O–H groups in total. The fourth-order valence-electron chi connectivity index (χ4n) is 3.16. The molecule has 0 fully saturated rings. The second-order valence-corrected chi connectivity index (χ2v) is 10.7. The van der Waals surface area contributed by atoms with Crippen LogP contribution in [0.2, 0.25) is 0 Å². The van der Waals surface area contributed by atoms with Crippen LogP contribution in [0.1, 0.15) is 130 Å². The van der Waals surface area contributed by atoms with E-state index < -0.39 is 0 Å². The van der Waals surface area contributed by atoms with Crippen LogP contribution in [0.3, 0.4) is 0 Å². The topological polar surface area (TPSA) is 47.6 Å². The highest BCUT2D eigenvalue weighted by molar-refractivity contribution is 5.45. The van der Waals surface area contributed by atoms with Crippen molar-refractivity contribution in [3.63, 3.8) is 0 Å². The van der Waals surface area contributed by atoms with Gasteiger partial charge in [-0.3, -0.25) is 4.79 Å². The molecule has 0 aliphatic rings. The number of amides is 1. The molecule has 198 valence electrons. The number of hydrogen-bond donors (Lipinski definition) is 1. The van der Waals surface area contributed by atoms with Gasteiger partial charge in [-0.05, 0) is 51.4 Å². The van der Waals surface area contributed by atoms with Gasteiger partial charge < -0.3 is 14.8 Å². The lowest BCUT2D eigenvalue weighted by Crippen LogP contribution is -2.51. The second kappa shape index (κ2) is 18.8. The van der Waals surface area contributed by atoms with Crippen LogP contribution in [-0.2, 0) is 14.3 Å². The average molecular weight is 462 g/mol. The van der Waals surface area contributed by atoms with Crippen molar-refractivity contribution in [2.75, 3.05) is 13.7 Å². The molecule has 0 bridgehead atoms. The zero-order valence-electron chi connectivity index (χ0n) is 25.3. The molecule has 0 aliphatic heterocycles. The molecule has 0 saturated heterocycles. The van der Waals surface area contributed by atoms with Gasteiger partial charge in [0.1, 0.15) is 0 Å². The maximum absolute atomic E-state index is 9.83. The minimum absolute atomic E-state index is 0.0749. The molecule has 0 aromatic rings. The van der Waals surface area contributed by atoms with E-state index in [1.54, 1.807) is 7.11 Å². The van der Waals surface area contributed by atoms with Crippen LogP contribution in [-0.4, -0.2) is 37.4 Å². The van der Waals surface area contributed by atoms with Gasteiger partial charge in [0.05, 0.1) is 17.3 Å². The molecular weight excluding hydrogens is 398 g/mol. The summed E-state index contributed by atoms with van der Waals surface area (Å²) in [4.78, 5) is 9.83. The molecule has 0 saturated carbocycles. The summed E-state index contributed by atoms with van der Waals surface area (Å²) in [7, 11) is 1.76. The largest absolute Gasteiger partial charge is 0.379 e. The quantitative estimate of drug-likeness (QED) is 0.315. The summed E-state index contributed by atoms with van der Waals surface area (Å²) in [6.07, 6.45) is 4.13. The smallest absolute Gasteiger partial charge is 0.207 e. The van der Waals surface area contributed by atoms with Crippen LogP contribution in [0.15, 0.2) is 0 Å². The van der Waals surface area contributed by atoms with Crippen molar-refractivity contribution in [1.82, 2.24) is 5.32 Å². The highest BCUT2D eigenvalue weighted by Crippen LogP contribution is 2.48. The lowest BCUT2D eigenvalue weighted by atomic mass is 9.61. The first kappa shape index (κ1) is 38.6. The van der Waals surface area contributed by atoms with Gasteiger partial charge in [0.2, 0.25) is 6.41 Å². The number of nitrogens with one attached hydrogen (secondary N) is 1. The molecule has 1 unspecified atom stereocenters. The Morgan fingerprint density at radius 2 is 1.25 bits per heavy atom. The first-order chi connectivity index (χ1) is 14.5. The van der Waals surface area contributed by atoms with Crippen LogP contribution in [0, 0.1) is 16.7 Å². The van der Waals surface area contributed by atoms with Crippen LogP contribution in [0.5, 0.6) is 0 Å². The van der Waals surface area contributed by atoms with E-state index >= 15 is 0 Å². The summed E-state index contributed by atoms with van der Waals surface area (Å²) in [5.41, 5.74) is -0.0612. The predicted octanol–water partition coefficient (Wildman–Crippen LogP) is 8.28. The Balaban J connectivity index is -0.000000252. The third-order valence-corrected chi connectivity index (χ3v) is 6.85. The Kier molecular flexibility index (Phi) is 22.7. The van der Waals surface area contributed by atoms with Gasteiger partial charge in [-0.15, -0.1) is 0 Å². The number of carbonyl (C=O) groups is 1. The molecule has 0 spiro atoms.